The number of para-hydroxylation sites is 1. The Morgan fingerprint density at radius 2 is 2.04 bits per heavy atom. The van der Waals surface area contributed by atoms with E-state index in [1.165, 1.54) is 18.0 Å². The number of aromatic nitrogens is 4. The first-order chi connectivity index (χ1) is 12.6. The van der Waals surface area contributed by atoms with Gasteiger partial charge in [0.05, 0.1) is 10.8 Å². The minimum atomic E-state index is -0.185. The zero-order chi connectivity index (χ0) is 18.4. The molecule has 0 radical (unpaired) electrons. The molecule has 1 amide bonds. The summed E-state index contributed by atoms with van der Waals surface area (Å²) in [6.45, 7) is 0.301. The van der Waals surface area contributed by atoms with E-state index in [9.17, 15) is 4.79 Å². The number of halogens is 1. The van der Waals surface area contributed by atoms with Gasteiger partial charge in [0, 0.05) is 13.2 Å². The van der Waals surface area contributed by atoms with Crippen molar-refractivity contribution in [2.75, 3.05) is 11.1 Å². The van der Waals surface area contributed by atoms with Crippen LogP contribution in [0.1, 0.15) is 5.82 Å². The van der Waals surface area contributed by atoms with Gasteiger partial charge in [-0.15, -0.1) is 10.2 Å². The Kier molecular flexibility index (Phi) is 6.08. The van der Waals surface area contributed by atoms with Crippen molar-refractivity contribution in [2.45, 2.75) is 11.8 Å². The zero-order valence-corrected chi connectivity index (χ0v) is 15.5. The number of thioether (sulfide) groups is 1. The minimum Gasteiger partial charge on any atom is -0.486 e. The van der Waals surface area contributed by atoms with Gasteiger partial charge in [-0.2, -0.15) is 0 Å². The number of hydrogen-bond donors (Lipinski definition) is 1. The van der Waals surface area contributed by atoms with Gasteiger partial charge in [-0.05, 0) is 24.3 Å². The van der Waals surface area contributed by atoms with Crippen LogP contribution in [0.3, 0.4) is 0 Å². The average Bonchev–Trinajstić information content (AvgIpc) is 3.01. The number of hydrogen-bond acceptors (Lipinski definition) is 6. The third-order valence-corrected chi connectivity index (χ3v) is 4.61. The SMILES string of the molecule is Cn1c(COc2ccccc2)nnc1SCC(=O)Nc1ccc(Cl)cn1. The lowest BCUT2D eigenvalue weighted by atomic mass is 10.3. The highest BCUT2D eigenvalue weighted by Crippen LogP contribution is 2.18. The number of nitrogens with zero attached hydrogens (tertiary/aromatic N) is 4. The molecule has 0 saturated heterocycles. The summed E-state index contributed by atoms with van der Waals surface area (Å²) >= 11 is 7.05. The second-order valence-electron chi connectivity index (χ2n) is 5.26. The first-order valence-corrected chi connectivity index (χ1v) is 9.08. The highest BCUT2D eigenvalue weighted by Gasteiger charge is 2.12. The molecule has 1 N–H and O–H groups in total. The molecule has 9 heteroatoms. The highest BCUT2D eigenvalue weighted by molar-refractivity contribution is 7.99. The smallest absolute Gasteiger partial charge is 0.236 e. The van der Waals surface area contributed by atoms with Gasteiger partial charge in [0.15, 0.2) is 11.0 Å². The minimum absolute atomic E-state index is 0.185. The lowest BCUT2D eigenvalue weighted by Gasteiger charge is -2.06. The topological polar surface area (TPSA) is 81.9 Å². The molecular weight excluding hydrogens is 374 g/mol. The average molecular weight is 390 g/mol. The molecule has 0 spiro atoms. The molecule has 3 rings (SSSR count). The molecule has 0 unspecified atom stereocenters. The molecule has 0 aliphatic heterocycles. The summed E-state index contributed by atoms with van der Waals surface area (Å²) in [6, 6.07) is 12.8. The second-order valence-corrected chi connectivity index (χ2v) is 6.64. The Bertz CT molecular complexity index is 871. The van der Waals surface area contributed by atoms with Gasteiger partial charge in [-0.3, -0.25) is 4.79 Å². The molecule has 0 saturated carbocycles. The fourth-order valence-electron chi connectivity index (χ4n) is 2.02. The molecule has 0 bridgehead atoms. The van der Waals surface area contributed by atoms with Gasteiger partial charge in [0.1, 0.15) is 18.2 Å². The molecule has 26 heavy (non-hydrogen) atoms. The molecule has 1 aromatic carbocycles. The first-order valence-electron chi connectivity index (χ1n) is 7.72. The molecule has 0 atom stereocenters. The van der Waals surface area contributed by atoms with Crippen molar-refractivity contribution in [3.63, 3.8) is 0 Å². The van der Waals surface area contributed by atoms with Crippen LogP contribution in [0.25, 0.3) is 0 Å². The monoisotopic (exact) mass is 389 g/mol. The number of pyridine rings is 1. The molecular formula is C17H16ClN5O2S. The van der Waals surface area contributed by atoms with E-state index in [-0.39, 0.29) is 11.7 Å². The van der Waals surface area contributed by atoms with E-state index in [1.807, 2.05) is 37.4 Å². The van der Waals surface area contributed by atoms with Gasteiger partial charge >= 0.3 is 0 Å². The number of rotatable bonds is 7. The lowest BCUT2D eigenvalue weighted by molar-refractivity contribution is -0.113. The van der Waals surface area contributed by atoms with Crippen LogP contribution in [-0.2, 0) is 18.4 Å². The molecule has 7 nitrogen and oxygen atoms in total. The van der Waals surface area contributed by atoms with Crippen LogP contribution in [0.2, 0.25) is 5.02 Å². The second kappa shape index (κ2) is 8.68. The van der Waals surface area contributed by atoms with Crippen LogP contribution in [0.4, 0.5) is 5.82 Å². The normalized spacial score (nSPS) is 10.5. The number of ether oxygens (including phenoxy) is 1. The Morgan fingerprint density at radius 3 is 2.77 bits per heavy atom. The van der Waals surface area contributed by atoms with Gasteiger partial charge in [0.25, 0.3) is 0 Å². The van der Waals surface area contributed by atoms with E-state index in [4.69, 9.17) is 16.3 Å². The van der Waals surface area contributed by atoms with Gasteiger partial charge < -0.3 is 14.6 Å². The van der Waals surface area contributed by atoms with Crippen molar-refractivity contribution in [2.24, 2.45) is 7.05 Å². The molecule has 3 aromatic rings. The van der Waals surface area contributed by atoms with Crippen molar-refractivity contribution in [1.82, 2.24) is 19.7 Å². The summed E-state index contributed by atoms with van der Waals surface area (Å²) in [4.78, 5) is 16.0. The van der Waals surface area contributed by atoms with E-state index in [0.29, 0.717) is 28.4 Å². The summed E-state index contributed by atoms with van der Waals surface area (Å²) in [5.74, 6) is 1.90. The number of anilines is 1. The summed E-state index contributed by atoms with van der Waals surface area (Å²) in [6.07, 6.45) is 1.48. The number of benzene rings is 1. The summed E-state index contributed by atoms with van der Waals surface area (Å²) in [5.41, 5.74) is 0. The van der Waals surface area contributed by atoms with Crippen molar-refractivity contribution < 1.29 is 9.53 Å². The number of carbonyl (C=O) groups excluding carboxylic acids is 1. The maximum atomic E-state index is 12.0. The van der Waals surface area contributed by atoms with E-state index >= 15 is 0 Å². The van der Waals surface area contributed by atoms with Crippen molar-refractivity contribution in [3.8, 4) is 5.75 Å². The van der Waals surface area contributed by atoms with Crippen LogP contribution in [-0.4, -0.2) is 31.4 Å². The third kappa shape index (κ3) is 4.96. The van der Waals surface area contributed by atoms with Crippen LogP contribution in [0.15, 0.2) is 53.8 Å². The molecule has 2 aromatic heterocycles. The standard InChI is InChI=1S/C17H16ClN5O2S/c1-23-15(10-25-13-5-3-2-4-6-13)21-22-17(23)26-11-16(24)20-14-8-7-12(18)9-19-14/h2-9H,10-11H2,1H3,(H,19,20,24). The summed E-state index contributed by atoms with van der Waals surface area (Å²) in [5, 5.41) is 12.1. The van der Waals surface area contributed by atoms with Crippen molar-refractivity contribution >= 4 is 35.1 Å². The number of amides is 1. The Hall–Kier alpha value is -2.58. The van der Waals surface area contributed by atoms with Crippen LogP contribution >= 0.6 is 23.4 Å². The van der Waals surface area contributed by atoms with E-state index in [1.54, 1.807) is 16.7 Å². The van der Waals surface area contributed by atoms with Gasteiger partial charge in [0.2, 0.25) is 5.91 Å². The largest absolute Gasteiger partial charge is 0.486 e. The van der Waals surface area contributed by atoms with Crippen LogP contribution < -0.4 is 10.1 Å². The van der Waals surface area contributed by atoms with E-state index < -0.39 is 0 Å². The van der Waals surface area contributed by atoms with E-state index in [2.05, 4.69) is 20.5 Å². The Morgan fingerprint density at radius 1 is 1.23 bits per heavy atom. The molecule has 134 valence electrons. The first kappa shape index (κ1) is 18.2. The Labute approximate surface area is 159 Å². The third-order valence-electron chi connectivity index (χ3n) is 3.36. The maximum absolute atomic E-state index is 12.0. The predicted octanol–water partition coefficient (Wildman–Crippen LogP) is 3.17. The zero-order valence-electron chi connectivity index (χ0n) is 13.9. The van der Waals surface area contributed by atoms with Gasteiger partial charge in [-0.1, -0.05) is 41.6 Å². The fraction of sp³-hybridized carbons (Fsp3) is 0.176. The maximum Gasteiger partial charge on any atom is 0.236 e. The highest BCUT2D eigenvalue weighted by atomic mass is 35.5. The predicted molar refractivity (Wildman–Crippen MR) is 100 cm³/mol. The van der Waals surface area contributed by atoms with Crippen LogP contribution in [0.5, 0.6) is 5.75 Å². The molecule has 0 aliphatic carbocycles. The van der Waals surface area contributed by atoms with Crippen molar-refractivity contribution in [1.29, 1.82) is 0 Å². The number of nitrogens with one attached hydrogen (secondary N) is 1. The fourth-order valence-corrected chi connectivity index (χ4v) is 2.86. The molecule has 0 fully saturated rings. The van der Waals surface area contributed by atoms with E-state index in [0.717, 1.165) is 5.75 Å². The summed E-state index contributed by atoms with van der Waals surface area (Å²) in [7, 11) is 1.84. The quantitative estimate of drug-likeness (QED) is 0.625. The van der Waals surface area contributed by atoms with Gasteiger partial charge in [-0.25, -0.2) is 4.98 Å². The number of carbonyl (C=O) groups is 1. The molecule has 2 heterocycles. The Balaban J connectivity index is 1.51. The summed E-state index contributed by atoms with van der Waals surface area (Å²) < 4.78 is 7.48. The molecule has 0 aliphatic rings. The van der Waals surface area contributed by atoms with Crippen LogP contribution in [0, 0.1) is 0 Å². The lowest BCUT2D eigenvalue weighted by Crippen LogP contribution is -2.15. The van der Waals surface area contributed by atoms with Crippen molar-refractivity contribution in [3.05, 3.63) is 59.5 Å².